The molecule has 0 radical (unpaired) electrons. The van der Waals surface area contributed by atoms with E-state index in [-0.39, 0.29) is 31.1 Å². The van der Waals surface area contributed by atoms with E-state index in [1.807, 2.05) is 0 Å². The third-order valence-electron chi connectivity index (χ3n) is 15.3. The van der Waals surface area contributed by atoms with Crippen LogP contribution in [0.15, 0.2) is 109 Å². The first-order chi connectivity index (χ1) is 41.0. The summed E-state index contributed by atoms with van der Waals surface area (Å²) in [5.41, 5.74) is 0. The summed E-state index contributed by atoms with van der Waals surface area (Å²) >= 11 is 0. The topological polar surface area (TPSA) is 78.9 Å². The van der Waals surface area contributed by atoms with Gasteiger partial charge in [-0.1, -0.05) is 323 Å². The second-order valence-electron chi connectivity index (χ2n) is 23.4. The van der Waals surface area contributed by atoms with Gasteiger partial charge in [-0.2, -0.15) is 0 Å². The van der Waals surface area contributed by atoms with Crippen molar-refractivity contribution >= 4 is 17.9 Å². The second-order valence-corrected chi connectivity index (χ2v) is 23.4. The lowest BCUT2D eigenvalue weighted by atomic mass is 10.0. The summed E-state index contributed by atoms with van der Waals surface area (Å²) in [6.07, 6.45) is 96.7. The lowest BCUT2D eigenvalue weighted by Gasteiger charge is -2.18. The van der Waals surface area contributed by atoms with Crippen molar-refractivity contribution in [2.45, 2.75) is 348 Å². The van der Waals surface area contributed by atoms with Crippen LogP contribution in [0.5, 0.6) is 0 Å². The van der Waals surface area contributed by atoms with Crippen LogP contribution in [0.2, 0.25) is 0 Å². The monoisotopic (exact) mass is 1150 g/mol. The van der Waals surface area contributed by atoms with Gasteiger partial charge in [0.05, 0.1) is 0 Å². The van der Waals surface area contributed by atoms with E-state index in [9.17, 15) is 14.4 Å². The molecule has 0 aromatic heterocycles. The Morgan fingerprint density at radius 1 is 0.253 bits per heavy atom. The minimum Gasteiger partial charge on any atom is -0.462 e. The summed E-state index contributed by atoms with van der Waals surface area (Å²) in [5, 5.41) is 0. The molecule has 0 spiro atoms. The predicted molar refractivity (Wildman–Crippen MR) is 362 cm³/mol. The average Bonchev–Trinajstić information content (AvgIpc) is 3.49. The van der Waals surface area contributed by atoms with Gasteiger partial charge < -0.3 is 14.2 Å². The van der Waals surface area contributed by atoms with Crippen molar-refractivity contribution in [1.29, 1.82) is 0 Å². The van der Waals surface area contributed by atoms with Crippen LogP contribution >= 0.6 is 0 Å². The molecule has 0 bridgehead atoms. The number of carbonyl (C=O) groups is 3. The fraction of sp³-hybridized carbons (Fsp3) is 0.727. The molecule has 0 fully saturated rings. The van der Waals surface area contributed by atoms with Crippen LogP contribution < -0.4 is 0 Å². The Morgan fingerprint density at radius 3 is 0.747 bits per heavy atom. The lowest BCUT2D eigenvalue weighted by molar-refractivity contribution is -0.167. The Kier molecular flexibility index (Phi) is 67.2. The fourth-order valence-corrected chi connectivity index (χ4v) is 9.99. The van der Waals surface area contributed by atoms with E-state index in [0.29, 0.717) is 19.3 Å². The maximum absolute atomic E-state index is 12.9. The standard InChI is InChI=1S/C77H132O6/c1-4-7-10-13-16-19-22-25-28-31-33-34-35-36-37-38-39-40-41-42-43-44-45-47-49-52-55-58-61-64-67-70-76(79)82-73-74(72-81-75(78)69-66-63-60-57-54-51-48-30-27-24-21-18-15-12-9-6-3)83-77(80)71-68-65-62-59-56-53-50-46-32-29-26-23-20-17-14-11-8-5-2/h7,10,16,19-20,23,25,28-29,32-34,36-37,39-40,42-43,74H,4-6,8-9,11-15,17-18,21-22,24,26-27,30-31,35,38,41,44-73H2,1-3H3/b10-7-,19-16-,23-20-,28-25-,32-29-,34-33-,37-36-,40-39-,43-42-. The highest BCUT2D eigenvalue weighted by molar-refractivity contribution is 5.71. The summed E-state index contributed by atoms with van der Waals surface area (Å²) in [6, 6.07) is 0. The summed E-state index contributed by atoms with van der Waals surface area (Å²) in [5.74, 6) is -0.879. The first-order valence-corrected chi connectivity index (χ1v) is 35.4. The van der Waals surface area contributed by atoms with E-state index >= 15 is 0 Å². The highest BCUT2D eigenvalue weighted by Crippen LogP contribution is 2.17. The van der Waals surface area contributed by atoms with Crippen molar-refractivity contribution < 1.29 is 28.6 Å². The van der Waals surface area contributed by atoms with Gasteiger partial charge in [-0.05, 0) is 109 Å². The molecule has 476 valence electrons. The Labute approximate surface area is 514 Å². The lowest BCUT2D eigenvalue weighted by Crippen LogP contribution is -2.30. The van der Waals surface area contributed by atoms with Crippen LogP contribution in [-0.2, 0) is 28.6 Å². The van der Waals surface area contributed by atoms with E-state index < -0.39 is 6.10 Å². The van der Waals surface area contributed by atoms with Gasteiger partial charge in [0.1, 0.15) is 13.2 Å². The molecule has 1 atom stereocenters. The highest BCUT2D eigenvalue weighted by Gasteiger charge is 2.19. The third-order valence-corrected chi connectivity index (χ3v) is 15.3. The maximum atomic E-state index is 12.9. The van der Waals surface area contributed by atoms with E-state index in [2.05, 4.69) is 130 Å². The number of rotatable bonds is 64. The molecule has 0 aromatic carbocycles. The zero-order valence-electron chi connectivity index (χ0n) is 54.7. The zero-order chi connectivity index (χ0) is 59.9. The van der Waals surface area contributed by atoms with Crippen molar-refractivity contribution in [1.82, 2.24) is 0 Å². The molecule has 0 amide bonds. The van der Waals surface area contributed by atoms with Crippen LogP contribution in [0.4, 0.5) is 0 Å². The maximum Gasteiger partial charge on any atom is 0.306 e. The molecule has 0 rings (SSSR count). The van der Waals surface area contributed by atoms with Crippen LogP contribution in [0.3, 0.4) is 0 Å². The molecule has 0 aliphatic heterocycles. The molecule has 0 aromatic rings. The first kappa shape index (κ1) is 79.1. The summed E-state index contributed by atoms with van der Waals surface area (Å²) in [4.78, 5) is 38.5. The molecular formula is C77H132O6. The smallest absolute Gasteiger partial charge is 0.306 e. The molecule has 0 aliphatic carbocycles. The molecule has 1 unspecified atom stereocenters. The summed E-state index contributed by atoms with van der Waals surface area (Å²) < 4.78 is 17.0. The third kappa shape index (κ3) is 68.7. The van der Waals surface area contributed by atoms with Crippen molar-refractivity contribution in [3.8, 4) is 0 Å². The molecule has 0 heterocycles. The number of hydrogen-bond acceptors (Lipinski definition) is 6. The summed E-state index contributed by atoms with van der Waals surface area (Å²) in [7, 11) is 0. The average molecular weight is 1150 g/mol. The number of hydrogen-bond donors (Lipinski definition) is 0. The van der Waals surface area contributed by atoms with Crippen molar-refractivity contribution in [2.24, 2.45) is 0 Å². The molecular weight excluding hydrogens is 1020 g/mol. The van der Waals surface area contributed by atoms with Crippen molar-refractivity contribution in [3.05, 3.63) is 109 Å². The predicted octanol–water partition coefficient (Wildman–Crippen LogP) is 24.6. The molecule has 83 heavy (non-hydrogen) atoms. The molecule has 0 saturated heterocycles. The number of unbranched alkanes of at least 4 members (excludes halogenated alkanes) is 35. The van der Waals surface area contributed by atoms with E-state index in [4.69, 9.17) is 14.2 Å². The Balaban J connectivity index is 4.32. The van der Waals surface area contributed by atoms with Crippen molar-refractivity contribution in [3.63, 3.8) is 0 Å². The van der Waals surface area contributed by atoms with Crippen LogP contribution in [0, 0.1) is 0 Å². The molecule has 6 nitrogen and oxygen atoms in total. The second kappa shape index (κ2) is 70.6. The molecule has 0 N–H and O–H groups in total. The van der Waals surface area contributed by atoms with Crippen LogP contribution in [0.1, 0.15) is 342 Å². The van der Waals surface area contributed by atoms with Crippen molar-refractivity contribution in [2.75, 3.05) is 13.2 Å². The largest absolute Gasteiger partial charge is 0.462 e. The molecule has 0 saturated carbocycles. The first-order valence-electron chi connectivity index (χ1n) is 35.4. The van der Waals surface area contributed by atoms with Gasteiger partial charge >= 0.3 is 17.9 Å². The summed E-state index contributed by atoms with van der Waals surface area (Å²) in [6.45, 7) is 6.54. The van der Waals surface area contributed by atoms with Gasteiger partial charge in [0, 0.05) is 19.3 Å². The number of carbonyl (C=O) groups excluding carboxylic acids is 3. The quantitative estimate of drug-likeness (QED) is 0.0261. The van der Waals surface area contributed by atoms with Gasteiger partial charge in [0.2, 0.25) is 0 Å². The van der Waals surface area contributed by atoms with Crippen LogP contribution in [-0.4, -0.2) is 37.2 Å². The molecule has 0 aliphatic rings. The van der Waals surface area contributed by atoms with Gasteiger partial charge in [0.25, 0.3) is 0 Å². The minimum absolute atomic E-state index is 0.0799. The van der Waals surface area contributed by atoms with E-state index in [0.717, 1.165) is 122 Å². The number of allylic oxidation sites excluding steroid dienone is 18. The van der Waals surface area contributed by atoms with Gasteiger partial charge in [0.15, 0.2) is 6.10 Å². The Bertz CT molecular complexity index is 1660. The van der Waals surface area contributed by atoms with Gasteiger partial charge in [-0.15, -0.1) is 0 Å². The SMILES string of the molecule is CC/C=C\C/C=C\C/C=C\C/C=C\C/C=C\C/C=C\C/C=C\CCCCCCCCCCCC(=O)OCC(COC(=O)CCCCCCCCCCCCCCCCCC)OC(=O)CCCCCCCCC/C=C\C/C=C\CCCCCC. The Hall–Kier alpha value is -3.93. The normalized spacial score (nSPS) is 12.8. The minimum atomic E-state index is -0.786. The van der Waals surface area contributed by atoms with Gasteiger partial charge in [-0.3, -0.25) is 14.4 Å². The molecule has 6 heteroatoms. The highest BCUT2D eigenvalue weighted by atomic mass is 16.6. The Morgan fingerprint density at radius 2 is 0.470 bits per heavy atom. The van der Waals surface area contributed by atoms with E-state index in [1.54, 1.807) is 0 Å². The van der Waals surface area contributed by atoms with E-state index in [1.165, 1.54) is 180 Å². The number of ether oxygens (including phenoxy) is 3. The fourth-order valence-electron chi connectivity index (χ4n) is 9.99. The zero-order valence-corrected chi connectivity index (χ0v) is 54.7. The number of esters is 3. The van der Waals surface area contributed by atoms with Gasteiger partial charge in [-0.25, -0.2) is 0 Å². The van der Waals surface area contributed by atoms with Crippen LogP contribution in [0.25, 0.3) is 0 Å².